The van der Waals surface area contributed by atoms with Gasteiger partial charge in [0.2, 0.25) is 0 Å². The molecule has 5 nitrogen and oxygen atoms in total. The molecule has 0 unspecified atom stereocenters. The molecule has 2 rings (SSSR count). The van der Waals surface area contributed by atoms with Gasteiger partial charge >= 0.3 is 0 Å². The summed E-state index contributed by atoms with van der Waals surface area (Å²) in [6, 6.07) is 1.73. The molecule has 1 aliphatic heterocycles. The van der Waals surface area contributed by atoms with E-state index in [0.29, 0.717) is 11.5 Å². The number of amides is 1. The summed E-state index contributed by atoms with van der Waals surface area (Å²) in [6.45, 7) is 7.65. The largest absolute Gasteiger partial charge is 0.345 e. The molecule has 0 aromatic carbocycles. The Balaban J connectivity index is 0.00000180. The van der Waals surface area contributed by atoms with Crippen LogP contribution in [0, 0.1) is 13.8 Å². The van der Waals surface area contributed by atoms with Gasteiger partial charge in [-0.1, -0.05) is 0 Å². The van der Waals surface area contributed by atoms with Crippen LogP contribution in [-0.4, -0.2) is 34.5 Å². The number of carbonyl (C=O) groups is 1. The fourth-order valence-electron chi connectivity index (χ4n) is 2.27. The van der Waals surface area contributed by atoms with Gasteiger partial charge in [0.25, 0.3) is 5.91 Å². The van der Waals surface area contributed by atoms with E-state index in [1.807, 2.05) is 6.92 Å². The predicted octanol–water partition coefficient (Wildman–Crippen LogP) is 1.39. The number of piperidine rings is 1. The van der Waals surface area contributed by atoms with Gasteiger partial charge in [-0.05, 0) is 52.8 Å². The maximum atomic E-state index is 12.2. The van der Waals surface area contributed by atoms with Crippen molar-refractivity contribution in [3.8, 4) is 0 Å². The van der Waals surface area contributed by atoms with E-state index in [1.54, 1.807) is 13.0 Å². The summed E-state index contributed by atoms with van der Waals surface area (Å²) in [4.78, 5) is 20.6. The standard InChI is InChI=1S/C13H20N4O.ClH/c1-9-8-11(16-10(2)15-9)12(18)17-13(3)4-6-14-7-5-13;/h8,14H,4-7H2,1-3H3,(H,17,18);1H. The zero-order chi connectivity index (χ0) is 13.2. The van der Waals surface area contributed by atoms with Crippen LogP contribution in [0.15, 0.2) is 6.07 Å². The highest BCUT2D eigenvalue weighted by atomic mass is 35.5. The first-order valence-electron chi connectivity index (χ1n) is 6.34. The summed E-state index contributed by atoms with van der Waals surface area (Å²) >= 11 is 0. The number of nitrogens with one attached hydrogen (secondary N) is 2. The van der Waals surface area contributed by atoms with Crippen LogP contribution in [0.5, 0.6) is 0 Å². The van der Waals surface area contributed by atoms with Crippen LogP contribution in [0.1, 0.15) is 41.8 Å². The van der Waals surface area contributed by atoms with Crippen molar-refractivity contribution < 1.29 is 4.79 Å². The van der Waals surface area contributed by atoms with E-state index in [2.05, 4.69) is 27.5 Å². The summed E-state index contributed by atoms with van der Waals surface area (Å²) in [6.07, 6.45) is 1.89. The first kappa shape index (κ1) is 15.9. The topological polar surface area (TPSA) is 66.9 Å². The number of aromatic nitrogens is 2. The van der Waals surface area contributed by atoms with E-state index >= 15 is 0 Å². The molecule has 0 saturated carbocycles. The lowest BCUT2D eigenvalue weighted by atomic mass is 9.90. The Kier molecular flexibility index (Phi) is 5.26. The van der Waals surface area contributed by atoms with Crippen molar-refractivity contribution >= 4 is 18.3 Å². The third-order valence-corrected chi connectivity index (χ3v) is 3.32. The molecule has 19 heavy (non-hydrogen) atoms. The lowest BCUT2D eigenvalue weighted by molar-refractivity contribution is 0.0881. The average molecular weight is 285 g/mol. The maximum absolute atomic E-state index is 12.2. The van der Waals surface area contributed by atoms with Gasteiger partial charge in [-0.15, -0.1) is 12.4 Å². The molecule has 1 saturated heterocycles. The van der Waals surface area contributed by atoms with Crippen LogP contribution in [-0.2, 0) is 0 Å². The first-order valence-corrected chi connectivity index (χ1v) is 6.34. The molecule has 1 amide bonds. The third kappa shape index (κ3) is 4.14. The molecule has 106 valence electrons. The highest BCUT2D eigenvalue weighted by Crippen LogP contribution is 2.17. The van der Waals surface area contributed by atoms with Gasteiger partial charge in [-0.2, -0.15) is 0 Å². The minimum absolute atomic E-state index is 0. The van der Waals surface area contributed by atoms with E-state index in [9.17, 15) is 4.79 Å². The van der Waals surface area contributed by atoms with Crippen LogP contribution < -0.4 is 10.6 Å². The fraction of sp³-hybridized carbons (Fsp3) is 0.615. The van der Waals surface area contributed by atoms with Gasteiger partial charge < -0.3 is 10.6 Å². The number of aryl methyl sites for hydroxylation is 2. The van der Waals surface area contributed by atoms with E-state index in [4.69, 9.17) is 0 Å². The average Bonchev–Trinajstić information content (AvgIpc) is 2.28. The van der Waals surface area contributed by atoms with Crippen molar-refractivity contribution in [1.29, 1.82) is 0 Å². The zero-order valence-electron chi connectivity index (χ0n) is 11.6. The van der Waals surface area contributed by atoms with Gasteiger partial charge in [0.15, 0.2) is 0 Å². The van der Waals surface area contributed by atoms with Gasteiger partial charge in [0.1, 0.15) is 11.5 Å². The molecule has 0 bridgehead atoms. The molecule has 0 atom stereocenters. The first-order chi connectivity index (χ1) is 8.48. The van der Waals surface area contributed by atoms with Crippen LogP contribution in [0.2, 0.25) is 0 Å². The van der Waals surface area contributed by atoms with Crippen LogP contribution >= 0.6 is 12.4 Å². The van der Waals surface area contributed by atoms with E-state index in [0.717, 1.165) is 31.6 Å². The molecule has 1 aromatic heterocycles. The van der Waals surface area contributed by atoms with Gasteiger partial charge in [0.05, 0.1) is 0 Å². The third-order valence-electron chi connectivity index (χ3n) is 3.32. The molecule has 1 aliphatic rings. The molecule has 0 spiro atoms. The van der Waals surface area contributed by atoms with Crippen LogP contribution in [0.3, 0.4) is 0 Å². The minimum atomic E-state index is -0.130. The summed E-state index contributed by atoms with van der Waals surface area (Å²) < 4.78 is 0. The van der Waals surface area contributed by atoms with Crippen molar-refractivity contribution in [2.24, 2.45) is 0 Å². The molecule has 0 radical (unpaired) electrons. The van der Waals surface area contributed by atoms with Gasteiger partial charge in [0, 0.05) is 11.2 Å². The lowest BCUT2D eigenvalue weighted by Crippen LogP contribution is -2.52. The van der Waals surface area contributed by atoms with E-state index in [-0.39, 0.29) is 23.9 Å². The molecule has 1 fully saturated rings. The normalized spacial score (nSPS) is 17.4. The number of nitrogens with zero attached hydrogens (tertiary/aromatic N) is 2. The monoisotopic (exact) mass is 284 g/mol. The molecule has 2 heterocycles. The number of hydrogen-bond acceptors (Lipinski definition) is 4. The quantitative estimate of drug-likeness (QED) is 0.861. The van der Waals surface area contributed by atoms with Crippen LogP contribution in [0.4, 0.5) is 0 Å². The molecule has 0 aliphatic carbocycles. The Hall–Kier alpha value is -1.20. The summed E-state index contributed by atoms with van der Waals surface area (Å²) in [5, 5.41) is 6.39. The lowest BCUT2D eigenvalue weighted by Gasteiger charge is -2.34. The summed E-state index contributed by atoms with van der Waals surface area (Å²) in [7, 11) is 0. The second kappa shape index (κ2) is 6.30. The SMILES string of the molecule is Cc1cc(C(=O)NC2(C)CCNCC2)nc(C)n1.Cl. The molecule has 2 N–H and O–H groups in total. The Morgan fingerprint density at radius 1 is 1.32 bits per heavy atom. The van der Waals surface area contributed by atoms with Crippen molar-refractivity contribution in [3.05, 3.63) is 23.3 Å². The Morgan fingerprint density at radius 2 is 1.95 bits per heavy atom. The second-order valence-corrected chi connectivity index (χ2v) is 5.21. The second-order valence-electron chi connectivity index (χ2n) is 5.21. The van der Waals surface area contributed by atoms with Gasteiger partial charge in [-0.3, -0.25) is 4.79 Å². The highest BCUT2D eigenvalue weighted by Gasteiger charge is 2.29. The Morgan fingerprint density at radius 3 is 2.53 bits per heavy atom. The molecule has 1 aromatic rings. The molecular weight excluding hydrogens is 264 g/mol. The summed E-state index contributed by atoms with van der Waals surface area (Å²) in [5.41, 5.74) is 1.15. The van der Waals surface area contributed by atoms with Crippen molar-refractivity contribution in [1.82, 2.24) is 20.6 Å². The smallest absolute Gasteiger partial charge is 0.270 e. The van der Waals surface area contributed by atoms with Crippen molar-refractivity contribution in [2.45, 2.75) is 39.2 Å². The van der Waals surface area contributed by atoms with E-state index in [1.165, 1.54) is 0 Å². The van der Waals surface area contributed by atoms with E-state index < -0.39 is 0 Å². The fourth-order valence-corrected chi connectivity index (χ4v) is 2.27. The number of carbonyl (C=O) groups excluding carboxylic acids is 1. The number of rotatable bonds is 2. The highest BCUT2D eigenvalue weighted by molar-refractivity contribution is 5.92. The minimum Gasteiger partial charge on any atom is -0.345 e. The number of halogens is 1. The summed E-state index contributed by atoms with van der Waals surface area (Å²) in [5.74, 6) is 0.531. The Bertz CT molecular complexity index is 438. The van der Waals surface area contributed by atoms with Gasteiger partial charge in [-0.25, -0.2) is 9.97 Å². The van der Waals surface area contributed by atoms with Crippen molar-refractivity contribution in [2.75, 3.05) is 13.1 Å². The molecular formula is C13H21ClN4O. The zero-order valence-corrected chi connectivity index (χ0v) is 12.4. The number of hydrogen-bond donors (Lipinski definition) is 2. The Labute approximate surface area is 120 Å². The maximum Gasteiger partial charge on any atom is 0.270 e. The van der Waals surface area contributed by atoms with Crippen LogP contribution in [0.25, 0.3) is 0 Å². The van der Waals surface area contributed by atoms with Crippen molar-refractivity contribution in [3.63, 3.8) is 0 Å². The molecule has 6 heteroatoms. The predicted molar refractivity (Wildman–Crippen MR) is 76.7 cm³/mol.